The maximum atomic E-state index is 5.62. The molecule has 0 saturated heterocycles. The summed E-state index contributed by atoms with van der Waals surface area (Å²) in [7, 11) is 0. The Morgan fingerprint density at radius 1 is 1.15 bits per heavy atom. The van der Waals surface area contributed by atoms with E-state index in [-0.39, 0.29) is 0 Å². The van der Waals surface area contributed by atoms with Gasteiger partial charge in [0.2, 0.25) is 3.79 Å². The SMILES string of the molecule is ClC(Cl)c1cccc(C(Cl)(Cl)Cl)n1. The lowest BCUT2D eigenvalue weighted by Gasteiger charge is -2.11. The monoisotopic (exact) mass is 277 g/mol. The van der Waals surface area contributed by atoms with Gasteiger partial charge in [-0.1, -0.05) is 64.1 Å². The summed E-state index contributed by atoms with van der Waals surface area (Å²) >= 11 is 28.0. The van der Waals surface area contributed by atoms with Crippen LogP contribution in [0.2, 0.25) is 0 Å². The van der Waals surface area contributed by atoms with E-state index in [0.29, 0.717) is 11.4 Å². The average molecular weight is 279 g/mol. The van der Waals surface area contributed by atoms with Crippen LogP contribution in [0.15, 0.2) is 18.2 Å². The molecule has 0 spiro atoms. The Bertz CT molecular complexity index is 293. The molecule has 1 nitrogen and oxygen atoms in total. The summed E-state index contributed by atoms with van der Waals surface area (Å²) in [4.78, 5) is 3.27. The molecule has 13 heavy (non-hydrogen) atoms. The predicted molar refractivity (Wildman–Crippen MR) is 57.9 cm³/mol. The Hall–Kier alpha value is 0.600. The predicted octanol–water partition coefficient (Wildman–Crippen LogP) is 4.38. The molecule has 0 aromatic carbocycles. The van der Waals surface area contributed by atoms with Gasteiger partial charge in [0.15, 0.2) is 0 Å². The van der Waals surface area contributed by atoms with Gasteiger partial charge in [-0.05, 0) is 12.1 Å². The van der Waals surface area contributed by atoms with Gasteiger partial charge in [0, 0.05) is 0 Å². The van der Waals surface area contributed by atoms with Crippen molar-refractivity contribution >= 4 is 58.0 Å². The molecule has 0 amide bonds. The lowest BCUT2D eigenvalue weighted by molar-refractivity contribution is 1.02. The van der Waals surface area contributed by atoms with E-state index in [1.165, 1.54) is 0 Å². The fourth-order valence-electron chi connectivity index (χ4n) is 0.731. The molecule has 1 aromatic heterocycles. The van der Waals surface area contributed by atoms with Gasteiger partial charge in [0.05, 0.1) is 11.4 Å². The maximum absolute atomic E-state index is 5.62. The van der Waals surface area contributed by atoms with E-state index < -0.39 is 8.63 Å². The number of rotatable bonds is 1. The summed E-state index contributed by atoms with van der Waals surface area (Å²) in [5.74, 6) is 0. The number of alkyl halides is 5. The van der Waals surface area contributed by atoms with Crippen LogP contribution in [-0.4, -0.2) is 4.98 Å². The minimum atomic E-state index is -1.54. The van der Waals surface area contributed by atoms with Crippen molar-refractivity contribution in [3.05, 3.63) is 29.6 Å². The number of hydrogen-bond donors (Lipinski definition) is 0. The zero-order valence-electron chi connectivity index (χ0n) is 6.15. The van der Waals surface area contributed by atoms with Gasteiger partial charge >= 0.3 is 0 Å². The normalized spacial score (nSPS) is 12.2. The van der Waals surface area contributed by atoms with Gasteiger partial charge in [-0.3, -0.25) is 4.98 Å². The Morgan fingerprint density at radius 2 is 1.77 bits per heavy atom. The summed E-state index contributed by atoms with van der Waals surface area (Å²) in [6.07, 6.45) is 0. The van der Waals surface area contributed by atoms with Crippen molar-refractivity contribution in [1.82, 2.24) is 4.98 Å². The summed E-state index contributed by atoms with van der Waals surface area (Å²) in [6.45, 7) is 0. The highest BCUT2D eigenvalue weighted by Crippen LogP contribution is 2.37. The number of aromatic nitrogens is 1. The molecular weight excluding hydrogens is 275 g/mol. The van der Waals surface area contributed by atoms with E-state index in [1.807, 2.05) is 0 Å². The molecule has 0 saturated carbocycles. The molecule has 0 fully saturated rings. The second-order valence-electron chi connectivity index (χ2n) is 2.25. The number of hydrogen-bond acceptors (Lipinski definition) is 1. The van der Waals surface area contributed by atoms with E-state index in [4.69, 9.17) is 58.0 Å². The molecular formula is C7H4Cl5N. The van der Waals surface area contributed by atoms with Gasteiger partial charge in [-0.15, -0.1) is 0 Å². The molecule has 72 valence electrons. The van der Waals surface area contributed by atoms with Crippen LogP contribution < -0.4 is 0 Å². The first-order valence-corrected chi connectivity index (χ1v) is 5.24. The van der Waals surface area contributed by atoms with Crippen molar-refractivity contribution in [2.75, 3.05) is 0 Å². The fourth-order valence-corrected chi connectivity index (χ4v) is 1.29. The third-order valence-electron chi connectivity index (χ3n) is 1.28. The molecule has 1 heterocycles. The third kappa shape index (κ3) is 3.34. The standard InChI is InChI=1S/C7H4Cl5N/c8-6(9)4-2-1-3-5(13-4)7(10,11)12/h1-3,6H. The smallest absolute Gasteiger partial charge is 0.232 e. The number of nitrogens with zero attached hydrogens (tertiary/aromatic N) is 1. The largest absolute Gasteiger partial charge is 0.250 e. The second kappa shape index (κ2) is 4.41. The third-order valence-corrected chi connectivity index (χ3v) is 2.31. The van der Waals surface area contributed by atoms with Crippen molar-refractivity contribution in [2.45, 2.75) is 8.63 Å². The van der Waals surface area contributed by atoms with E-state index in [1.54, 1.807) is 18.2 Å². The molecule has 0 unspecified atom stereocenters. The van der Waals surface area contributed by atoms with Crippen LogP contribution in [-0.2, 0) is 3.79 Å². The minimum Gasteiger partial charge on any atom is -0.250 e. The van der Waals surface area contributed by atoms with Crippen molar-refractivity contribution in [1.29, 1.82) is 0 Å². The van der Waals surface area contributed by atoms with Crippen molar-refractivity contribution in [2.24, 2.45) is 0 Å². The molecule has 1 rings (SSSR count). The molecule has 0 bridgehead atoms. The van der Waals surface area contributed by atoms with Crippen LogP contribution in [0.1, 0.15) is 16.2 Å². The van der Waals surface area contributed by atoms with Crippen LogP contribution in [0.25, 0.3) is 0 Å². The first-order valence-electron chi connectivity index (χ1n) is 3.23. The summed E-state index contributed by atoms with van der Waals surface area (Å²) in [5, 5.41) is 0. The second-order valence-corrected chi connectivity index (χ2v) is 5.62. The van der Waals surface area contributed by atoms with E-state index in [2.05, 4.69) is 4.98 Å². The molecule has 0 aliphatic heterocycles. The van der Waals surface area contributed by atoms with Gasteiger partial charge in [-0.2, -0.15) is 0 Å². The molecule has 6 heteroatoms. The zero-order valence-corrected chi connectivity index (χ0v) is 9.93. The highest BCUT2D eigenvalue weighted by molar-refractivity contribution is 6.66. The number of halogens is 5. The van der Waals surface area contributed by atoms with Crippen molar-refractivity contribution in [3.63, 3.8) is 0 Å². The first-order chi connectivity index (χ1) is 5.91. The summed E-state index contributed by atoms with van der Waals surface area (Å²) in [6, 6.07) is 4.93. The molecule has 1 aromatic rings. The van der Waals surface area contributed by atoms with Crippen LogP contribution in [0.4, 0.5) is 0 Å². The minimum absolute atomic E-state index is 0.307. The highest BCUT2D eigenvalue weighted by Gasteiger charge is 2.25. The molecule has 0 aliphatic carbocycles. The number of pyridine rings is 1. The van der Waals surface area contributed by atoms with Crippen LogP contribution >= 0.6 is 58.0 Å². The Labute approximate surface area is 101 Å². The van der Waals surface area contributed by atoms with Crippen molar-refractivity contribution in [3.8, 4) is 0 Å². The molecule has 0 atom stereocenters. The Morgan fingerprint density at radius 3 is 2.23 bits per heavy atom. The lowest BCUT2D eigenvalue weighted by Crippen LogP contribution is -2.05. The van der Waals surface area contributed by atoms with Crippen LogP contribution in [0.5, 0.6) is 0 Å². The first kappa shape index (κ1) is 11.7. The van der Waals surface area contributed by atoms with Gasteiger partial charge in [0.25, 0.3) is 0 Å². The molecule has 0 N–H and O–H groups in total. The fraction of sp³-hybridized carbons (Fsp3) is 0.286. The van der Waals surface area contributed by atoms with E-state index >= 15 is 0 Å². The topological polar surface area (TPSA) is 12.9 Å². The van der Waals surface area contributed by atoms with Gasteiger partial charge in [0.1, 0.15) is 4.84 Å². The zero-order chi connectivity index (χ0) is 10.1. The highest BCUT2D eigenvalue weighted by atomic mass is 35.6. The van der Waals surface area contributed by atoms with Gasteiger partial charge < -0.3 is 0 Å². The summed E-state index contributed by atoms with van der Waals surface area (Å²) < 4.78 is -1.54. The lowest BCUT2D eigenvalue weighted by atomic mass is 10.3. The van der Waals surface area contributed by atoms with Crippen molar-refractivity contribution < 1.29 is 0 Å². The van der Waals surface area contributed by atoms with Crippen LogP contribution in [0.3, 0.4) is 0 Å². The average Bonchev–Trinajstić information content (AvgIpc) is 2.03. The van der Waals surface area contributed by atoms with E-state index in [0.717, 1.165) is 0 Å². The maximum Gasteiger partial charge on any atom is 0.232 e. The Kier molecular flexibility index (Phi) is 3.96. The molecule has 0 radical (unpaired) electrons. The van der Waals surface area contributed by atoms with Crippen LogP contribution in [0, 0.1) is 0 Å². The summed E-state index contributed by atoms with van der Waals surface area (Å²) in [5.41, 5.74) is 0.772. The van der Waals surface area contributed by atoms with Gasteiger partial charge in [-0.25, -0.2) is 0 Å². The Balaban J connectivity index is 3.06. The van der Waals surface area contributed by atoms with E-state index in [9.17, 15) is 0 Å². The molecule has 0 aliphatic rings. The quantitative estimate of drug-likeness (QED) is 0.695.